The molecule has 16 heavy (non-hydrogen) atoms. The normalized spacial score (nSPS) is 25.6. The summed E-state index contributed by atoms with van der Waals surface area (Å²) in [6, 6.07) is 4.42. The zero-order valence-corrected chi connectivity index (χ0v) is 10.6. The van der Waals surface area contributed by atoms with Crippen LogP contribution in [-0.4, -0.2) is 4.98 Å². The predicted molar refractivity (Wildman–Crippen MR) is 68.6 cm³/mol. The molecule has 1 saturated carbocycles. The summed E-state index contributed by atoms with van der Waals surface area (Å²) in [7, 11) is 0. The van der Waals surface area contributed by atoms with Crippen molar-refractivity contribution in [1.29, 1.82) is 0 Å². The molecule has 1 aliphatic carbocycles. The molecule has 1 nitrogen and oxygen atoms in total. The van der Waals surface area contributed by atoms with E-state index in [2.05, 4.69) is 31.0 Å². The molecule has 0 unspecified atom stereocenters. The Hall–Kier alpha value is -0.850. The SMILES string of the molecule is CCCC1CCC(c2ccc(C)cn2)CC1. The maximum atomic E-state index is 4.57. The number of aryl methyl sites for hydroxylation is 1. The molecule has 0 bridgehead atoms. The van der Waals surface area contributed by atoms with Crippen molar-refractivity contribution >= 4 is 0 Å². The number of hydrogen-bond acceptors (Lipinski definition) is 1. The molecule has 1 aliphatic rings. The van der Waals surface area contributed by atoms with E-state index in [9.17, 15) is 0 Å². The van der Waals surface area contributed by atoms with Gasteiger partial charge in [-0.1, -0.05) is 25.8 Å². The second kappa shape index (κ2) is 5.47. The molecule has 1 aromatic heterocycles. The van der Waals surface area contributed by atoms with Crippen molar-refractivity contribution < 1.29 is 0 Å². The summed E-state index contributed by atoms with van der Waals surface area (Å²) in [5, 5.41) is 0. The third kappa shape index (κ3) is 2.84. The van der Waals surface area contributed by atoms with Gasteiger partial charge in [0.1, 0.15) is 0 Å². The summed E-state index contributed by atoms with van der Waals surface area (Å²) in [5.41, 5.74) is 2.59. The fourth-order valence-electron chi connectivity index (χ4n) is 2.88. The number of nitrogens with zero attached hydrogens (tertiary/aromatic N) is 1. The Morgan fingerprint density at radius 3 is 2.50 bits per heavy atom. The van der Waals surface area contributed by atoms with E-state index in [1.807, 2.05) is 6.20 Å². The summed E-state index contributed by atoms with van der Waals surface area (Å²) in [6.45, 7) is 4.41. The first kappa shape index (κ1) is 11.6. The highest BCUT2D eigenvalue weighted by atomic mass is 14.7. The standard InChI is InChI=1S/C15H23N/c1-3-4-13-6-8-14(9-7-13)15-10-5-12(2)11-16-15/h5,10-11,13-14H,3-4,6-9H2,1-2H3. The number of hydrogen-bond donors (Lipinski definition) is 0. The van der Waals surface area contributed by atoms with Crippen molar-refractivity contribution in [3.05, 3.63) is 29.6 Å². The van der Waals surface area contributed by atoms with Gasteiger partial charge in [-0.15, -0.1) is 0 Å². The van der Waals surface area contributed by atoms with Gasteiger partial charge in [0.15, 0.2) is 0 Å². The van der Waals surface area contributed by atoms with Gasteiger partial charge in [0.05, 0.1) is 0 Å². The molecule has 0 saturated heterocycles. The lowest BCUT2D eigenvalue weighted by atomic mass is 9.78. The molecule has 0 N–H and O–H groups in total. The zero-order chi connectivity index (χ0) is 11.4. The second-order valence-corrected chi connectivity index (χ2v) is 5.27. The molecule has 1 heteroatoms. The van der Waals surface area contributed by atoms with Crippen molar-refractivity contribution in [2.75, 3.05) is 0 Å². The van der Waals surface area contributed by atoms with E-state index in [1.54, 1.807) is 0 Å². The van der Waals surface area contributed by atoms with Gasteiger partial charge >= 0.3 is 0 Å². The Balaban J connectivity index is 1.91. The minimum absolute atomic E-state index is 0.730. The molecule has 0 aromatic carbocycles. The van der Waals surface area contributed by atoms with Crippen molar-refractivity contribution in [1.82, 2.24) is 4.98 Å². The van der Waals surface area contributed by atoms with E-state index < -0.39 is 0 Å². The molecule has 88 valence electrons. The predicted octanol–water partition coefficient (Wildman–Crippen LogP) is 4.46. The fourth-order valence-corrected chi connectivity index (χ4v) is 2.88. The van der Waals surface area contributed by atoms with Gasteiger partial charge in [-0.05, 0) is 50.2 Å². The topological polar surface area (TPSA) is 12.9 Å². The van der Waals surface area contributed by atoms with Crippen LogP contribution in [0.3, 0.4) is 0 Å². The second-order valence-electron chi connectivity index (χ2n) is 5.27. The van der Waals surface area contributed by atoms with Crippen LogP contribution in [0, 0.1) is 12.8 Å². The third-order valence-electron chi connectivity index (χ3n) is 3.90. The Labute approximate surface area is 99.3 Å². The monoisotopic (exact) mass is 217 g/mol. The van der Waals surface area contributed by atoms with E-state index in [4.69, 9.17) is 0 Å². The molecule has 0 spiro atoms. The smallest absolute Gasteiger partial charge is 0.0434 e. The Morgan fingerprint density at radius 1 is 1.19 bits per heavy atom. The van der Waals surface area contributed by atoms with Crippen LogP contribution >= 0.6 is 0 Å². The lowest BCUT2D eigenvalue weighted by Crippen LogP contribution is -2.14. The Bertz CT molecular complexity index is 307. The van der Waals surface area contributed by atoms with E-state index in [-0.39, 0.29) is 0 Å². The van der Waals surface area contributed by atoms with Crippen molar-refractivity contribution in [3.63, 3.8) is 0 Å². The molecule has 0 amide bonds. The average Bonchev–Trinajstić information content (AvgIpc) is 2.32. The van der Waals surface area contributed by atoms with E-state index >= 15 is 0 Å². The summed E-state index contributed by atoms with van der Waals surface area (Å²) in [6.07, 6.45) is 10.3. The average molecular weight is 217 g/mol. The summed E-state index contributed by atoms with van der Waals surface area (Å²) in [4.78, 5) is 4.57. The molecule has 0 atom stereocenters. The highest BCUT2D eigenvalue weighted by Crippen LogP contribution is 2.36. The molecule has 1 aromatic rings. The van der Waals surface area contributed by atoms with Gasteiger partial charge in [-0.3, -0.25) is 4.98 Å². The van der Waals surface area contributed by atoms with Crippen LogP contribution in [0.1, 0.15) is 62.6 Å². The third-order valence-corrected chi connectivity index (χ3v) is 3.90. The van der Waals surface area contributed by atoms with E-state index in [1.165, 1.54) is 49.8 Å². The van der Waals surface area contributed by atoms with Crippen LogP contribution < -0.4 is 0 Å². The van der Waals surface area contributed by atoms with Crippen LogP contribution in [-0.2, 0) is 0 Å². The van der Waals surface area contributed by atoms with Crippen LogP contribution in [0.15, 0.2) is 18.3 Å². The maximum absolute atomic E-state index is 4.57. The van der Waals surface area contributed by atoms with Gasteiger partial charge in [-0.2, -0.15) is 0 Å². The zero-order valence-electron chi connectivity index (χ0n) is 10.6. The summed E-state index contributed by atoms with van der Waals surface area (Å²) >= 11 is 0. The van der Waals surface area contributed by atoms with Crippen molar-refractivity contribution in [2.45, 2.75) is 58.3 Å². The highest BCUT2D eigenvalue weighted by molar-refractivity contribution is 5.16. The van der Waals surface area contributed by atoms with E-state index in [0.717, 1.165) is 11.8 Å². The maximum Gasteiger partial charge on any atom is 0.0434 e. The Morgan fingerprint density at radius 2 is 1.94 bits per heavy atom. The number of aromatic nitrogens is 1. The lowest BCUT2D eigenvalue weighted by Gasteiger charge is -2.27. The van der Waals surface area contributed by atoms with Crippen molar-refractivity contribution in [2.24, 2.45) is 5.92 Å². The summed E-state index contributed by atoms with van der Waals surface area (Å²) < 4.78 is 0. The first-order valence-corrected chi connectivity index (χ1v) is 6.72. The van der Waals surface area contributed by atoms with Crippen molar-refractivity contribution in [3.8, 4) is 0 Å². The molecule has 1 heterocycles. The van der Waals surface area contributed by atoms with Crippen LogP contribution in [0.4, 0.5) is 0 Å². The lowest BCUT2D eigenvalue weighted by molar-refractivity contribution is 0.305. The molecule has 0 radical (unpaired) electrons. The van der Waals surface area contributed by atoms with Gasteiger partial charge < -0.3 is 0 Å². The number of rotatable bonds is 3. The minimum atomic E-state index is 0.730. The first-order valence-electron chi connectivity index (χ1n) is 6.72. The molecular weight excluding hydrogens is 194 g/mol. The van der Waals surface area contributed by atoms with Gasteiger partial charge in [0.25, 0.3) is 0 Å². The van der Waals surface area contributed by atoms with Gasteiger partial charge in [0.2, 0.25) is 0 Å². The molecule has 1 fully saturated rings. The van der Waals surface area contributed by atoms with Gasteiger partial charge in [0, 0.05) is 17.8 Å². The highest BCUT2D eigenvalue weighted by Gasteiger charge is 2.22. The van der Waals surface area contributed by atoms with Crippen LogP contribution in [0.5, 0.6) is 0 Å². The quantitative estimate of drug-likeness (QED) is 0.728. The Kier molecular flexibility index (Phi) is 3.98. The molecular formula is C15H23N. The van der Waals surface area contributed by atoms with Crippen LogP contribution in [0.2, 0.25) is 0 Å². The summed E-state index contributed by atoms with van der Waals surface area (Å²) in [5.74, 6) is 1.72. The van der Waals surface area contributed by atoms with Crippen LogP contribution in [0.25, 0.3) is 0 Å². The molecule has 2 rings (SSSR count). The minimum Gasteiger partial charge on any atom is -0.261 e. The fraction of sp³-hybridized carbons (Fsp3) is 0.667. The van der Waals surface area contributed by atoms with E-state index in [0.29, 0.717) is 0 Å². The first-order chi connectivity index (χ1) is 7.79. The number of pyridine rings is 1. The van der Waals surface area contributed by atoms with Gasteiger partial charge in [-0.25, -0.2) is 0 Å². The molecule has 0 aliphatic heterocycles. The largest absolute Gasteiger partial charge is 0.261 e.